The van der Waals surface area contributed by atoms with Crippen molar-refractivity contribution in [2.24, 2.45) is 0 Å². The molecule has 0 aliphatic rings. The van der Waals surface area contributed by atoms with Crippen LogP contribution in [0.1, 0.15) is 26.3 Å². The number of hydrogen-bond acceptors (Lipinski definition) is 2. The quantitative estimate of drug-likeness (QED) is 0.899. The van der Waals surface area contributed by atoms with Crippen LogP contribution in [-0.4, -0.2) is 14.0 Å². The van der Waals surface area contributed by atoms with Gasteiger partial charge in [0.15, 0.2) is 0 Å². The maximum atomic E-state index is 11.8. The van der Waals surface area contributed by atoms with Gasteiger partial charge in [0, 0.05) is 10.0 Å². The average molecular weight is 321 g/mol. The Morgan fingerprint density at radius 3 is 2.29 bits per heavy atom. The molecule has 1 aromatic rings. The van der Waals surface area contributed by atoms with Crippen LogP contribution in [0, 0.1) is 6.92 Å². The standard InChI is InChI=1S/C11H17BrN2O2S/c1-8-5-6-9(7-10(8)12)13-17(15,16)14-11(2,3)4/h5-7,13-14H,1-4H3. The summed E-state index contributed by atoms with van der Waals surface area (Å²) in [4.78, 5) is 0. The van der Waals surface area contributed by atoms with Crippen molar-refractivity contribution in [2.75, 3.05) is 4.72 Å². The van der Waals surface area contributed by atoms with E-state index in [-0.39, 0.29) is 0 Å². The Balaban J connectivity index is 2.87. The zero-order valence-electron chi connectivity index (χ0n) is 10.3. The predicted molar refractivity (Wildman–Crippen MR) is 74.3 cm³/mol. The SMILES string of the molecule is Cc1ccc(NS(=O)(=O)NC(C)(C)C)cc1Br. The van der Waals surface area contributed by atoms with E-state index >= 15 is 0 Å². The van der Waals surface area contributed by atoms with Crippen LogP contribution in [0.15, 0.2) is 22.7 Å². The third-order valence-corrected chi connectivity index (χ3v) is 4.10. The number of benzene rings is 1. The second-order valence-corrected chi connectivity index (χ2v) is 7.19. The molecular formula is C11H17BrN2O2S. The van der Waals surface area contributed by atoms with Crippen molar-refractivity contribution in [3.63, 3.8) is 0 Å². The van der Waals surface area contributed by atoms with Crippen molar-refractivity contribution in [3.8, 4) is 0 Å². The smallest absolute Gasteiger partial charge is 0.271 e. The molecule has 0 radical (unpaired) electrons. The highest BCUT2D eigenvalue weighted by atomic mass is 79.9. The molecule has 1 rings (SSSR count). The fourth-order valence-corrected chi connectivity index (χ4v) is 2.91. The first-order chi connectivity index (χ1) is 7.59. The molecule has 0 amide bonds. The summed E-state index contributed by atoms with van der Waals surface area (Å²) in [5.41, 5.74) is 1.07. The third-order valence-electron chi connectivity index (χ3n) is 1.86. The molecule has 0 unspecified atom stereocenters. The maximum absolute atomic E-state index is 11.8. The topological polar surface area (TPSA) is 58.2 Å². The Labute approximate surface area is 111 Å². The minimum Gasteiger partial charge on any atom is -0.271 e. The van der Waals surface area contributed by atoms with E-state index in [4.69, 9.17) is 0 Å². The molecule has 1 aromatic carbocycles. The highest BCUT2D eigenvalue weighted by Gasteiger charge is 2.19. The van der Waals surface area contributed by atoms with Crippen LogP contribution in [0.2, 0.25) is 0 Å². The zero-order chi connectivity index (χ0) is 13.3. The Morgan fingerprint density at radius 2 is 1.82 bits per heavy atom. The molecule has 0 heterocycles. The van der Waals surface area contributed by atoms with Gasteiger partial charge in [0.1, 0.15) is 0 Å². The van der Waals surface area contributed by atoms with Crippen LogP contribution in [0.3, 0.4) is 0 Å². The molecule has 6 heteroatoms. The van der Waals surface area contributed by atoms with Crippen LogP contribution in [0.25, 0.3) is 0 Å². The summed E-state index contributed by atoms with van der Waals surface area (Å²) in [5, 5.41) is 0. The van der Waals surface area contributed by atoms with E-state index < -0.39 is 15.7 Å². The van der Waals surface area contributed by atoms with E-state index in [0.29, 0.717) is 5.69 Å². The number of hydrogen-bond donors (Lipinski definition) is 2. The van der Waals surface area contributed by atoms with Crippen molar-refractivity contribution in [2.45, 2.75) is 33.2 Å². The van der Waals surface area contributed by atoms with Gasteiger partial charge in [0.2, 0.25) is 0 Å². The van der Waals surface area contributed by atoms with E-state index in [1.807, 2.05) is 13.0 Å². The summed E-state index contributed by atoms with van der Waals surface area (Å²) < 4.78 is 29.4. The summed E-state index contributed by atoms with van der Waals surface area (Å²) in [6.07, 6.45) is 0. The van der Waals surface area contributed by atoms with Gasteiger partial charge in [-0.15, -0.1) is 0 Å². The van der Waals surface area contributed by atoms with E-state index in [9.17, 15) is 8.42 Å². The minimum absolute atomic E-state index is 0.506. The first-order valence-electron chi connectivity index (χ1n) is 5.17. The van der Waals surface area contributed by atoms with Crippen LogP contribution >= 0.6 is 15.9 Å². The van der Waals surface area contributed by atoms with Crippen LogP contribution in [-0.2, 0) is 10.2 Å². The molecule has 0 fully saturated rings. The van der Waals surface area contributed by atoms with Crippen molar-refractivity contribution < 1.29 is 8.42 Å². The van der Waals surface area contributed by atoms with Crippen molar-refractivity contribution in [3.05, 3.63) is 28.2 Å². The lowest BCUT2D eigenvalue weighted by molar-refractivity contribution is 0.494. The second kappa shape index (κ2) is 4.96. The van der Waals surface area contributed by atoms with Gasteiger partial charge in [-0.1, -0.05) is 22.0 Å². The van der Waals surface area contributed by atoms with Crippen molar-refractivity contribution >= 4 is 31.8 Å². The van der Waals surface area contributed by atoms with Crippen LogP contribution < -0.4 is 9.44 Å². The highest BCUT2D eigenvalue weighted by Crippen LogP contribution is 2.21. The molecule has 4 nitrogen and oxygen atoms in total. The Morgan fingerprint density at radius 1 is 1.24 bits per heavy atom. The lowest BCUT2D eigenvalue weighted by atomic mass is 10.1. The summed E-state index contributed by atoms with van der Waals surface area (Å²) in [7, 11) is -3.54. The Kier molecular flexibility index (Phi) is 4.22. The fourth-order valence-electron chi connectivity index (χ4n) is 1.24. The molecular weight excluding hydrogens is 304 g/mol. The van der Waals surface area contributed by atoms with Gasteiger partial charge in [-0.25, -0.2) is 0 Å². The van der Waals surface area contributed by atoms with Gasteiger partial charge in [0.05, 0.1) is 5.69 Å². The number of rotatable bonds is 3. The third kappa shape index (κ3) is 5.06. The Hall–Kier alpha value is -0.590. The predicted octanol–water partition coefficient (Wildman–Crippen LogP) is 2.80. The molecule has 0 atom stereocenters. The van der Waals surface area contributed by atoms with Gasteiger partial charge in [0.25, 0.3) is 10.2 Å². The average Bonchev–Trinajstić information content (AvgIpc) is 2.06. The van der Waals surface area contributed by atoms with Gasteiger partial charge < -0.3 is 0 Å². The van der Waals surface area contributed by atoms with E-state index in [0.717, 1.165) is 10.0 Å². The van der Waals surface area contributed by atoms with Crippen LogP contribution in [0.4, 0.5) is 5.69 Å². The van der Waals surface area contributed by atoms with Crippen molar-refractivity contribution in [1.29, 1.82) is 0 Å². The van der Waals surface area contributed by atoms with Crippen LogP contribution in [0.5, 0.6) is 0 Å². The molecule has 0 aliphatic carbocycles. The molecule has 2 N–H and O–H groups in total. The van der Waals surface area contributed by atoms with Gasteiger partial charge in [-0.2, -0.15) is 13.1 Å². The number of aryl methyl sites for hydroxylation is 1. The number of anilines is 1. The van der Waals surface area contributed by atoms with Crippen molar-refractivity contribution in [1.82, 2.24) is 4.72 Å². The first-order valence-corrected chi connectivity index (χ1v) is 7.44. The largest absolute Gasteiger partial charge is 0.299 e. The Bertz CT molecular complexity index is 507. The highest BCUT2D eigenvalue weighted by molar-refractivity contribution is 9.10. The number of nitrogens with one attached hydrogen (secondary N) is 2. The van der Waals surface area contributed by atoms with Gasteiger partial charge in [-0.05, 0) is 45.4 Å². The summed E-state index contributed by atoms with van der Waals surface area (Å²) >= 11 is 3.36. The minimum atomic E-state index is -3.54. The van der Waals surface area contributed by atoms with E-state index in [2.05, 4.69) is 25.4 Å². The van der Waals surface area contributed by atoms with E-state index in [1.165, 1.54) is 0 Å². The molecule has 0 saturated carbocycles. The summed E-state index contributed by atoms with van der Waals surface area (Å²) in [6, 6.07) is 5.30. The summed E-state index contributed by atoms with van der Waals surface area (Å²) in [6.45, 7) is 7.31. The molecule has 0 spiro atoms. The molecule has 96 valence electrons. The summed E-state index contributed by atoms with van der Waals surface area (Å²) in [5.74, 6) is 0. The monoisotopic (exact) mass is 320 g/mol. The normalized spacial score (nSPS) is 12.5. The second-order valence-electron chi connectivity index (χ2n) is 4.92. The van der Waals surface area contributed by atoms with Gasteiger partial charge in [-0.3, -0.25) is 4.72 Å². The number of halogens is 1. The molecule has 0 aliphatic heterocycles. The maximum Gasteiger partial charge on any atom is 0.299 e. The molecule has 17 heavy (non-hydrogen) atoms. The molecule has 0 bridgehead atoms. The molecule has 0 aromatic heterocycles. The zero-order valence-corrected chi connectivity index (χ0v) is 12.7. The van der Waals surface area contributed by atoms with Gasteiger partial charge >= 0.3 is 0 Å². The first kappa shape index (κ1) is 14.5. The lowest BCUT2D eigenvalue weighted by Gasteiger charge is -2.21. The van der Waals surface area contributed by atoms with E-state index in [1.54, 1.807) is 32.9 Å². The molecule has 0 saturated heterocycles. The lowest BCUT2D eigenvalue weighted by Crippen LogP contribution is -2.43. The fraction of sp³-hybridized carbons (Fsp3) is 0.455.